The van der Waals surface area contributed by atoms with Crippen LogP contribution in [0.25, 0.3) is 11.0 Å². The zero-order chi connectivity index (χ0) is 18.9. The molecular formula is C18H20N4O3S. The first-order valence-corrected chi connectivity index (χ1v) is 8.94. The summed E-state index contributed by atoms with van der Waals surface area (Å²) in [5.41, 5.74) is 2.58. The fourth-order valence-corrected chi connectivity index (χ4v) is 3.20. The second kappa shape index (κ2) is 6.87. The third-order valence-electron chi connectivity index (χ3n) is 3.77. The molecule has 1 aromatic carbocycles. The molecule has 0 spiro atoms. The van der Waals surface area contributed by atoms with Crippen molar-refractivity contribution in [2.75, 3.05) is 5.32 Å². The van der Waals surface area contributed by atoms with E-state index in [4.69, 9.17) is 4.74 Å². The maximum absolute atomic E-state index is 12.4. The van der Waals surface area contributed by atoms with Crippen molar-refractivity contribution >= 4 is 39.2 Å². The number of nitrogens with one attached hydrogen (secondary N) is 2. The first-order valence-electron chi connectivity index (χ1n) is 8.12. The van der Waals surface area contributed by atoms with Crippen molar-refractivity contribution in [3.05, 3.63) is 40.3 Å². The van der Waals surface area contributed by atoms with E-state index in [0.29, 0.717) is 9.88 Å². The lowest BCUT2D eigenvalue weighted by Crippen LogP contribution is -2.27. The van der Waals surface area contributed by atoms with Crippen LogP contribution in [0.2, 0.25) is 0 Å². The molecule has 1 amide bonds. The minimum absolute atomic E-state index is 0.0976. The quantitative estimate of drug-likeness (QED) is 0.681. The summed E-state index contributed by atoms with van der Waals surface area (Å²) in [5.74, 6) is -0.511. The summed E-state index contributed by atoms with van der Waals surface area (Å²) in [7, 11) is 0. The number of thiophene rings is 1. The molecule has 2 N–H and O–H groups in total. The number of aromatic amines is 1. The Kier molecular flexibility index (Phi) is 4.78. The first kappa shape index (κ1) is 18.1. The predicted octanol–water partition coefficient (Wildman–Crippen LogP) is 3.67. The van der Waals surface area contributed by atoms with Crippen LogP contribution in [-0.2, 0) is 16.1 Å². The van der Waals surface area contributed by atoms with Gasteiger partial charge in [-0.2, -0.15) is 15.4 Å². The van der Waals surface area contributed by atoms with Crippen LogP contribution in [0.1, 0.15) is 41.6 Å². The van der Waals surface area contributed by atoms with Crippen molar-refractivity contribution in [1.82, 2.24) is 15.4 Å². The summed E-state index contributed by atoms with van der Waals surface area (Å²) in [5, 5.41) is 14.0. The Morgan fingerprint density at radius 2 is 1.92 bits per heavy atom. The van der Waals surface area contributed by atoms with Gasteiger partial charge in [-0.15, -0.1) is 11.3 Å². The molecule has 2 aromatic heterocycles. The molecule has 136 valence electrons. The van der Waals surface area contributed by atoms with Crippen molar-refractivity contribution in [1.29, 1.82) is 0 Å². The Morgan fingerprint density at radius 3 is 2.65 bits per heavy atom. The molecule has 0 unspecified atom stereocenters. The van der Waals surface area contributed by atoms with E-state index in [9.17, 15) is 9.59 Å². The molecular weight excluding hydrogens is 352 g/mol. The van der Waals surface area contributed by atoms with Gasteiger partial charge in [-0.3, -0.25) is 4.79 Å². The molecule has 7 nitrogen and oxygen atoms in total. The van der Waals surface area contributed by atoms with Crippen LogP contribution >= 0.6 is 11.3 Å². The maximum Gasteiger partial charge on any atom is 0.348 e. The van der Waals surface area contributed by atoms with Gasteiger partial charge in [-0.05, 0) is 36.2 Å². The Labute approximate surface area is 154 Å². The van der Waals surface area contributed by atoms with E-state index in [2.05, 4.69) is 20.7 Å². The van der Waals surface area contributed by atoms with Gasteiger partial charge in [0, 0.05) is 5.41 Å². The molecule has 2 heterocycles. The van der Waals surface area contributed by atoms with E-state index in [0.717, 1.165) is 22.2 Å². The van der Waals surface area contributed by atoms with Gasteiger partial charge < -0.3 is 10.1 Å². The van der Waals surface area contributed by atoms with Crippen molar-refractivity contribution in [2.45, 2.75) is 34.3 Å². The molecule has 26 heavy (non-hydrogen) atoms. The number of nitrogens with zero attached hydrogens (tertiary/aromatic N) is 2. The van der Waals surface area contributed by atoms with Crippen LogP contribution in [0.3, 0.4) is 0 Å². The Morgan fingerprint density at radius 1 is 1.19 bits per heavy atom. The number of benzene rings is 1. The van der Waals surface area contributed by atoms with E-state index in [1.807, 2.05) is 45.9 Å². The number of carbonyl (C=O) groups is 2. The highest BCUT2D eigenvalue weighted by Crippen LogP contribution is 2.29. The lowest BCUT2D eigenvalue weighted by atomic mass is 9.96. The number of ether oxygens (including phenoxy) is 1. The first-order chi connectivity index (χ1) is 12.2. The summed E-state index contributed by atoms with van der Waals surface area (Å²) in [6, 6.07) is 7.27. The lowest BCUT2D eigenvalue weighted by molar-refractivity contribution is -0.123. The fraction of sp³-hybridized carbons (Fsp3) is 0.333. The number of amides is 1. The van der Waals surface area contributed by atoms with Crippen LogP contribution in [0, 0.1) is 12.3 Å². The standard InChI is InChI=1S/C18H20N4O3S/c1-10-7-14(19-17(24)18(2,3)4)26-15(10)16(23)25-9-11-5-6-12-13(8-11)21-22-20-12/h5-8H,9H2,1-4H3,(H,19,24)(H,20,21,22). The largest absolute Gasteiger partial charge is 0.457 e. The molecule has 3 rings (SSSR count). The van der Waals surface area contributed by atoms with E-state index < -0.39 is 11.4 Å². The number of rotatable bonds is 4. The number of hydrogen-bond donors (Lipinski definition) is 2. The van der Waals surface area contributed by atoms with Gasteiger partial charge in [-0.1, -0.05) is 26.8 Å². The van der Waals surface area contributed by atoms with Gasteiger partial charge in [0.05, 0.1) is 5.00 Å². The number of aromatic nitrogens is 3. The highest BCUT2D eigenvalue weighted by Gasteiger charge is 2.23. The summed E-state index contributed by atoms with van der Waals surface area (Å²) in [6.07, 6.45) is 0. The molecule has 0 aliphatic rings. The molecule has 0 radical (unpaired) electrons. The van der Waals surface area contributed by atoms with Gasteiger partial charge >= 0.3 is 5.97 Å². The molecule has 8 heteroatoms. The molecule has 0 aliphatic carbocycles. The topological polar surface area (TPSA) is 97.0 Å². The third kappa shape index (κ3) is 3.91. The molecule has 0 aliphatic heterocycles. The van der Waals surface area contributed by atoms with Gasteiger partial charge in [0.15, 0.2) is 0 Å². The summed E-state index contributed by atoms with van der Waals surface area (Å²) in [4.78, 5) is 25.0. The van der Waals surface area contributed by atoms with Gasteiger partial charge in [-0.25, -0.2) is 4.79 Å². The van der Waals surface area contributed by atoms with Gasteiger partial charge in [0.2, 0.25) is 5.91 Å². The van der Waals surface area contributed by atoms with Crippen molar-refractivity contribution in [2.24, 2.45) is 5.41 Å². The average Bonchev–Trinajstić information content (AvgIpc) is 3.17. The molecule has 0 fully saturated rings. The number of hydrogen-bond acceptors (Lipinski definition) is 6. The maximum atomic E-state index is 12.4. The van der Waals surface area contributed by atoms with E-state index >= 15 is 0 Å². The number of esters is 1. The SMILES string of the molecule is Cc1cc(NC(=O)C(C)(C)C)sc1C(=O)OCc1ccc2n[nH]nc2c1. The number of fused-ring (bicyclic) bond motifs is 1. The lowest BCUT2D eigenvalue weighted by Gasteiger charge is -2.16. The van der Waals surface area contributed by atoms with Crippen molar-refractivity contribution in [3.8, 4) is 0 Å². The molecule has 3 aromatic rings. The molecule has 0 bridgehead atoms. The van der Waals surface area contributed by atoms with Crippen LogP contribution in [0.5, 0.6) is 0 Å². The van der Waals surface area contributed by atoms with Gasteiger partial charge in [0.25, 0.3) is 0 Å². The van der Waals surface area contributed by atoms with E-state index in [1.54, 1.807) is 6.07 Å². The van der Waals surface area contributed by atoms with Crippen molar-refractivity contribution in [3.63, 3.8) is 0 Å². The van der Waals surface area contributed by atoms with Crippen LogP contribution in [-0.4, -0.2) is 27.3 Å². The Hall–Kier alpha value is -2.74. The third-order valence-corrected chi connectivity index (χ3v) is 4.90. The summed E-state index contributed by atoms with van der Waals surface area (Å²) in [6.45, 7) is 7.47. The van der Waals surface area contributed by atoms with Crippen molar-refractivity contribution < 1.29 is 14.3 Å². The second-order valence-corrected chi connectivity index (χ2v) is 8.10. The number of anilines is 1. The van der Waals surface area contributed by atoms with Crippen LogP contribution < -0.4 is 5.32 Å². The fourth-order valence-electron chi connectivity index (χ4n) is 2.24. The van der Waals surface area contributed by atoms with E-state index in [1.165, 1.54) is 11.3 Å². The molecule has 0 saturated heterocycles. The zero-order valence-corrected chi connectivity index (χ0v) is 15.9. The summed E-state index contributed by atoms with van der Waals surface area (Å²) >= 11 is 1.22. The Bertz CT molecular complexity index is 968. The number of aryl methyl sites for hydroxylation is 1. The van der Waals surface area contributed by atoms with Crippen LogP contribution in [0.4, 0.5) is 5.00 Å². The molecule has 0 saturated carbocycles. The minimum atomic E-state index is -0.502. The zero-order valence-electron chi connectivity index (χ0n) is 15.0. The highest BCUT2D eigenvalue weighted by atomic mass is 32.1. The van der Waals surface area contributed by atoms with Gasteiger partial charge in [0.1, 0.15) is 22.5 Å². The average molecular weight is 372 g/mol. The number of carbonyl (C=O) groups excluding carboxylic acids is 2. The van der Waals surface area contributed by atoms with E-state index in [-0.39, 0.29) is 12.5 Å². The normalized spacial score (nSPS) is 11.5. The van der Waals surface area contributed by atoms with Crippen LogP contribution in [0.15, 0.2) is 24.3 Å². The smallest absolute Gasteiger partial charge is 0.348 e. The Balaban J connectivity index is 1.66. The predicted molar refractivity (Wildman–Crippen MR) is 100 cm³/mol. The second-order valence-electron chi connectivity index (χ2n) is 7.05. The monoisotopic (exact) mass is 372 g/mol. The highest BCUT2D eigenvalue weighted by molar-refractivity contribution is 7.18. The minimum Gasteiger partial charge on any atom is -0.457 e. The molecule has 0 atom stereocenters. The summed E-state index contributed by atoms with van der Waals surface area (Å²) < 4.78 is 5.41. The number of H-pyrrole nitrogens is 1.